The van der Waals surface area contributed by atoms with Crippen LogP contribution in [0.15, 0.2) is 0 Å². The van der Waals surface area contributed by atoms with E-state index in [1.807, 2.05) is 14.0 Å². The number of hydrogen-bond acceptors (Lipinski definition) is 4. The van der Waals surface area contributed by atoms with Crippen molar-refractivity contribution in [3.63, 3.8) is 0 Å². The molecule has 5 heteroatoms. The number of carbonyl (C=O) groups excluding carboxylic acids is 1. The van der Waals surface area contributed by atoms with E-state index in [2.05, 4.69) is 4.90 Å². The van der Waals surface area contributed by atoms with Crippen LogP contribution in [0.2, 0.25) is 0 Å². The van der Waals surface area contributed by atoms with Gasteiger partial charge in [-0.2, -0.15) is 0 Å². The Bertz CT molecular complexity index is 198. The highest BCUT2D eigenvalue weighted by Gasteiger charge is 2.17. The normalized spacial score (nSPS) is 12.9. The van der Waals surface area contributed by atoms with Crippen molar-refractivity contribution in [3.05, 3.63) is 0 Å². The van der Waals surface area contributed by atoms with Gasteiger partial charge in [-0.1, -0.05) is 0 Å². The van der Waals surface area contributed by atoms with Gasteiger partial charge in [-0.25, -0.2) is 0 Å². The summed E-state index contributed by atoms with van der Waals surface area (Å²) < 4.78 is 5.27. The third-order valence-electron chi connectivity index (χ3n) is 2.60. The zero-order chi connectivity index (χ0) is 12.6. The summed E-state index contributed by atoms with van der Waals surface area (Å²) in [6.45, 7) is 4.66. The van der Waals surface area contributed by atoms with E-state index < -0.39 is 0 Å². The van der Waals surface area contributed by atoms with Gasteiger partial charge in [-0.05, 0) is 14.0 Å². The largest absolute Gasteiger partial charge is 0.380 e. The number of amides is 1. The van der Waals surface area contributed by atoms with Gasteiger partial charge in [0.15, 0.2) is 0 Å². The average Bonchev–Trinajstić information content (AvgIpc) is 2.25. The van der Waals surface area contributed by atoms with E-state index >= 15 is 0 Å². The quantitative estimate of drug-likeness (QED) is 0.586. The second-order valence-corrected chi connectivity index (χ2v) is 4.06. The van der Waals surface area contributed by atoms with Gasteiger partial charge in [0.1, 0.15) is 0 Å². The molecule has 0 spiro atoms. The van der Waals surface area contributed by atoms with Gasteiger partial charge in [0, 0.05) is 46.3 Å². The van der Waals surface area contributed by atoms with Crippen LogP contribution in [-0.2, 0) is 9.53 Å². The van der Waals surface area contributed by atoms with Crippen LogP contribution < -0.4 is 5.73 Å². The lowest BCUT2D eigenvalue weighted by Crippen LogP contribution is -2.43. The average molecular weight is 231 g/mol. The summed E-state index contributed by atoms with van der Waals surface area (Å²) in [5.41, 5.74) is 5.67. The molecule has 0 heterocycles. The molecule has 0 aliphatic carbocycles. The van der Waals surface area contributed by atoms with Gasteiger partial charge in [-0.3, -0.25) is 9.69 Å². The monoisotopic (exact) mass is 231 g/mol. The zero-order valence-electron chi connectivity index (χ0n) is 10.9. The molecule has 0 aliphatic heterocycles. The zero-order valence-corrected chi connectivity index (χ0v) is 10.9. The van der Waals surface area contributed by atoms with E-state index in [1.54, 1.807) is 19.0 Å². The first-order valence-corrected chi connectivity index (χ1v) is 5.71. The highest BCUT2D eigenvalue weighted by atomic mass is 16.5. The minimum Gasteiger partial charge on any atom is -0.380 e. The van der Waals surface area contributed by atoms with Crippen LogP contribution in [0, 0.1) is 0 Å². The summed E-state index contributed by atoms with van der Waals surface area (Å²) in [6.07, 6.45) is 0.464. The van der Waals surface area contributed by atoms with Crippen LogP contribution in [0.4, 0.5) is 0 Å². The molecule has 0 fully saturated rings. The summed E-state index contributed by atoms with van der Waals surface area (Å²) in [5.74, 6) is 0.110. The van der Waals surface area contributed by atoms with Crippen molar-refractivity contribution in [2.24, 2.45) is 5.73 Å². The molecule has 0 aliphatic rings. The maximum Gasteiger partial charge on any atom is 0.223 e. The molecule has 0 aromatic rings. The molecule has 2 N–H and O–H groups in total. The smallest absolute Gasteiger partial charge is 0.223 e. The second kappa shape index (κ2) is 8.50. The molecule has 1 amide bonds. The Morgan fingerprint density at radius 1 is 1.38 bits per heavy atom. The van der Waals surface area contributed by atoms with Crippen molar-refractivity contribution in [2.45, 2.75) is 19.4 Å². The molecular formula is C11H25N3O2. The van der Waals surface area contributed by atoms with Crippen molar-refractivity contribution in [1.29, 1.82) is 0 Å². The molecule has 0 bridgehead atoms. The van der Waals surface area contributed by atoms with Crippen molar-refractivity contribution < 1.29 is 9.53 Å². The van der Waals surface area contributed by atoms with E-state index in [0.29, 0.717) is 19.6 Å². The molecular weight excluding hydrogens is 206 g/mol. The maximum absolute atomic E-state index is 11.6. The molecule has 0 rings (SSSR count). The van der Waals surface area contributed by atoms with E-state index in [0.717, 1.165) is 13.2 Å². The van der Waals surface area contributed by atoms with E-state index in [-0.39, 0.29) is 11.9 Å². The standard InChI is InChI=1S/C11H25N3O2/c1-5-16-7-6-14(4)10(9-12)8-11(15)13(2)3/h10H,5-9,12H2,1-4H3. The predicted molar refractivity (Wildman–Crippen MR) is 65.3 cm³/mol. The number of carbonyl (C=O) groups is 1. The highest BCUT2D eigenvalue weighted by Crippen LogP contribution is 2.02. The molecule has 0 aromatic heterocycles. The number of likely N-dealkylation sites (N-methyl/N-ethyl adjacent to an activating group) is 1. The Balaban J connectivity index is 4.00. The fourth-order valence-electron chi connectivity index (χ4n) is 1.34. The van der Waals surface area contributed by atoms with Gasteiger partial charge < -0.3 is 15.4 Å². The first-order valence-electron chi connectivity index (χ1n) is 5.71. The lowest BCUT2D eigenvalue weighted by Gasteiger charge is -2.27. The van der Waals surface area contributed by atoms with Crippen molar-refractivity contribution in [2.75, 3.05) is 47.4 Å². The van der Waals surface area contributed by atoms with Crippen LogP contribution in [0.5, 0.6) is 0 Å². The lowest BCUT2D eigenvalue weighted by atomic mass is 10.1. The Morgan fingerprint density at radius 3 is 2.44 bits per heavy atom. The van der Waals surface area contributed by atoms with E-state index in [1.165, 1.54) is 0 Å². The fraction of sp³-hybridized carbons (Fsp3) is 0.909. The molecule has 0 saturated heterocycles. The lowest BCUT2D eigenvalue weighted by molar-refractivity contribution is -0.129. The van der Waals surface area contributed by atoms with Crippen LogP contribution in [0.3, 0.4) is 0 Å². The van der Waals surface area contributed by atoms with Gasteiger partial charge in [-0.15, -0.1) is 0 Å². The van der Waals surface area contributed by atoms with Gasteiger partial charge >= 0.3 is 0 Å². The number of rotatable bonds is 8. The SMILES string of the molecule is CCOCCN(C)C(CN)CC(=O)N(C)C. The Morgan fingerprint density at radius 2 is 2.00 bits per heavy atom. The maximum atomic E-state index is 11.6. The summed E-state index contributed by atoms with van der Waals surface area (Å²) >= 11 is 0. The fourth-order valence-corrected chi connectivity index (χ4v) is 1.34. The Hall–Kier alpha value is -0.650. The van der Waals surface area contributed by atoms with Crippen LogP contribution in [-0.4, -0.2) is 69.2 Å². The van der Waals surface area contributed by atoms with Crippen LogP contribution >= 0.6 is 0 Å². The van der Waals surface area contributed by atoms with Gasteiger partial charge in [0.25, 0.3) is 0 Å². The summed E-state index contributed by atoms with van der Waals surface area (Å²) in [6, 6.07) is 0.0929. The van der Waals surface area contributed by atoms with Gasteiger partial charge in [0.05, 0.1) is 6.61 Å². The topological polar surface area (TPSA) is 58.8 Å². The van der Waals surface area contributed by atoms with Crippen molar-refractivity contribution >= 4 is 5.91 Å². The predicted octanol–water partition coefficient (Wildman–Crippen LogP) is -0.240. The molecule has 1 unspecified atom stereocenters. The number of hydrogen-bond donors (Lipinski definition) is 1. The molecule has 16 heavy (non-hydrogen) atoms. The second-order valence-electron chi connectivity index (χ2n) is 4.06. The van der Waals surface area contributed by atoms with Crippen LogP contribution in [0.25, 0.3) is 0 Å². The van der Waals surface area contributed by atoms with Gasteiger partial charge in [0.2, 0.25) is 5.91 Å². The number of ether oxygens (including phenoxy) is 1. The van der Waals surface area contributed by atoms with Crippen LogP contribution in [0.1, 0.15) is 13.3 Å². The highest BCUT2D eigenvalue weighted by molar-refractivity contribution is 5.76. The molecule has 0 saturated carbocycles. The molecule has 0 radical (unpaired) electrons. The first-order chi connectivity index (χ1) is 7.52. The van der Waals surface area contributed by atoms with Crippen molar-refractivity contribution in [3.8, 4) is 0 Å². The Kier molecular flexibility index (Phi) is 8.15. The number of nitrogens with zero attached hydrogens (tertiary/aromatic N) is 2. The molecule has 96 valence electrons. The van der Waals surface area contributed by atoms with E-state index in [9.17, 15) is 4.79 Å². The minimum absolute atomic E-state index is 0.0929. The number of nitrogens with two attached hydrogens (primary N) is 1. The molecule has 5 nitrogen and oxygen atoms in total. The summed E-state index contributed by atoms with van der Waals surface area (Å²) in [5, 5.41) is 0. The summed E-state index contributed by atoms with van der Waals surface area (Å²) in [4.78, 5) is 15.2. The third kappa shape index (κ3) is 6.05. The minimum atomic E-state index is 0.0929. The molecule has 0 aromatic carbocycles. The summed E-state index contributed by atoms with van der Waals surface area (Å²) in [7, 11) is 5.49. The third-order valence-corrected chi connectivity index (χ3v) is 2.60. The van der Waals surface area contributed by atoms with Crippen molar-refractivity contribution in [1.82, 2.24) is 9.80 Å². The van der Waals surface area contributed by atoms with E-state index in [4.69, 9.17) is 10.5 Å². The Labute approximate surface area is 98.5 Å². The molecule has 1 atom stereocenters. The first kappa shape index (κ1) is 15.3.